The number of aliphatic hydroxyl groups excluding tert-OH is 2. The Labute approximate surface area is 224 Å². The van der Waals surface area contributed by atoms with Gasteiger partial charge in [-0.05, 0) is 54.9 Å². The minimum Gasteiger partial charge on any atom is -0.458 e. The fourth-order valence-corrected chi connectivity index (χ4v) is 6.08. The molecule has 1 aliphatic carbocycles. The second kappa shape index (κ2) is 10.2. The molecule has 3 aromatic rings. The highest BCUT2D eigenvalue weighted by Gasteiger charge is 2.37. The fraction of sp³-hybridized carbons (Fsp3) is 0.448. The summed E-state index contributed by atoms with van der Waals surface area (Å²) in [5, 5.41) is 20.5. The van der Waals surface area contributed by atoms with Crippen LogP contribution in [0.4, 0.5) is 4.39 Å². The van der Waals surface area contributed by atoms with E-state index in [1.165, 1.54) is 11.0 Å². The summed E-state index contributed by atoms with van der Waals surface area (Å²) in [5.74, 6) is -1.48. The van der Waals surface area contributed by atoms with E-state index in [0.29, 0.717) is 41.9 Å². The number of likely N-dealkylation sites (N-methyl/N-ethyl adjacent to an activating group) is 1. The van der Waals surface area contributed by atoms with Crippen molar-refractivity contribution in [1.82, 2.24) is 14.5 Å². The van der Waals surface area contributed by atoms with Crippen molar-refractivity contribution < 1.29 is 28.9 Å². The number of amides is 1. The first kappa shape index (κ1) is 27.0. The molecule has 6 rings (SSSR count). The Kier molecular flexibility index (Phi) is 7.02. The third kappa shape index (κ3) is 4.13. The standard InChI is InChI=1S/C27H26FN3O6.C2H6/c1-12-14-4-3-13(5-6-30(2)21(33)10-32)22-16-9-31-20(24(16)29-19(23(14)22)8-18(12)28)7-15-17(26(31)35)11-37-27(36)25(15)34;1-2/h7-8,13,25,32,34H,3-6,9-11H2,1-2H3;1-2H3/t13-,25-;/m0./s1. The summed E-state index contributed by atoms with van der Waals surface area (Å²) in [6, 6.07) is 3.04. The monoisotopic (exact) mass is 537 g/mol. The van der Waals surface area contributed by atoms with Gasteiger partial charge in [0.1, 0.15) is 19.0 Å². The van der Waals surface area contributed by atoms with Gasteiger partial charge in [0.25, 0.3) is 5.56 Å². The van der Waals surface area contributed by atoms with Gasteiger partial charge in [-0.1, -0.05) is 13.8 Å². The molecule has 2 aliphatic heterocycles. The summed E-state index contributed by atoms with van der Waals surface area (Å²) in [6.45, 7) is 5.70. The first-order valence-electron chi connectivity index (χ1n) is 13.3. The normalized spacial score (nSPS) is 18.5. The van der Waals surface area contributed by atoms with Crippen molar-refractivity contribution in [1.29, 1.82) is 0 Å². The second-order valence-electron chi connectivity index (χ2n) is 10.1. The molecular formula is C29H32FN3O6. The van der Waals surface area contributed by atoms with Crippen molar-refractivity contribution in [2.75, 3.05) is 20.2 Å². The number of carbonyl (C=O) groups is 2. The molecule has 0 fully saturated rings. The van der Waals surface area contributed by atoms with Crippen molar-refractivity contribution in [3.05, 3.63) is 61.7 Å². The predicted molar refractivity (Wildman–Crippen MR) is 142 cm³/mol. The zero-order chi connectivity index (χ0) is 28.2. The molecule has 2 aromatic heterocycles. The molecule has 0 spiro atoms. The van der Waals surface area contributed by atoms with Crippen molar-refractivity contribution in [3.8, 4) is 11.4 Å². The third-order valence-corrected chi connectivity index (χ3v) is 8.14. The van der Waals surface area contributed by atoms with Gasteiger partial charge in [-0.3, -0.25) is 9.59 Å². The molecule has 9 nitrogen and oxygen atoms in total. The van der Waals surface area contributed by atoms with Gasteiger partial charge < -0.3 is 24.4 Å². The van der Waals surface area contributed by atoms with Crippen LogP contribution in [0.25, 0.3) is 22.3 Å². The number of nitrogens with zero attached hydrogens (tertiary/aromatic N) is 3. The van der Waals surface area contributed by atoms with E-state index in [-0.39, 0.29) is 47.5 Å². The smallest absolute Gasteiger partial charge is 0.340 e. The number of rotatable bonds is 4. The maximum Gasteiger partial charge on any atom is 0.340 e. The molecule has 2 N–H and O–H groups in total. The number of hydrogen-bond acceptors (Lipinski definition) is 7. The van der Waals surface area contributed by atoms with Crippen LogP contribution in [0, 0.1) is 12.7 Å². The number of pyridine rings is 2. The molecule has 0 saturated carbocycles. The number of fused-ring (bicyclic) bond motifs is 5. The molecule has 0 saturated heterocycles. The topological polar surface area (TPSA) is 122 Å². The van der Waals surface area contributed by atoms with Crippen molar-refractivity contribution >= 4 is 22.8 Å². The molecule has 0 bridgehead atoms. The number of hydrogen-bond donors (Lipinski definition) is 2. The van der Waals surface area contributed by atoms with Crippen LogP contribution in [-0.2, 0) is 33.9 Å². The number of benzene rings is 1. The molecule has 206 valence electrons. The highest BCUT2D eigenvalue weighted by Crippen LogP contribution is 2.46. The van der Waals surface area contributed by atoms with Crippen LogP contribution in [0.3, 0.4) is 0 Å². The summed E-state index contributed by atoms with van der Waals surface area (Å²) in [6.07, 6.45) is 0.492. The Hall–Kier alpha value is -3.63. The average molecular weight is 538 g/mol. The van der Waals surface area contributed by atoms with Crippen LogP contribution >= 0.6 is 0 Å². The van der Waals surface area contributed by atoms with Crippen LogP contribution in [0.5, 0.6) is 0 Å². The molecular weight excluding hydrogens is 505 g/mol. The predicted octanol–water partition coefficient (Wildman–Crippen LogP) is 2.86. The van der Waals surface area contributed by atoms with Crippen molar-refractivity contribution in [3.63, 3.8) is 0 Å². The molecule has 4 heterocycles. The lowest BCUT2D eigenvalue weighted by Gasteiger charge is -2.30. The number of halogens is 1. The van der Waals surface area contributed by atoms with E-state index >= 15 is 0 Å². The van der Waals surface area contributed by atoms with Crippen LogP contribution in [0.1, 0.15) is 72.1 Å². The first-order chi connectivity index (χ1) is 18.7. The number of carbonyl (C=O) groups excluding carboxylic acids is 2. The van der Waals surface area contributed by atoms with Gasteiger partial charge in [-0.2, -0.15) is 0 Å². The number of aliphatic hydroxyl groups is 2. The van der Waals surface area contributed by atoms with Gasteiger partial charge in [-0.25, -0.2) is 14.2 Å². The van der Waals surface area contributed by atoms with Gasteiger partial charge in [-0.15, -0.1) is 0 Å². The van der Waals surface area contributed by atoms with Gasteiger partial charge in [0.2, 0.25) is 5.91 Å². The van der Waals surface area contributed by atoms with Gasteiger partial charge >= 0.3 is 5.97 Å². The van der Waals surface area contributed by atoms with E-state index in [4.69, 9.17) is 9.72 Å². The van der Waals surface area contributed by atoms with Crippen LogP contribution in [-0.4, -0.2) is 56.7 Å². The maximum absolute atomic E-state index is 14.9. The summed E-state index contributed by atoms with van der Waals surface area (Å²) in [4.78, 5) is 43.6. The Morgan fingerprint density at radius 2 is 1.97 bits per heavy atom. The average Bonchev–Trinajstić information content (AvgIpc) is 3.32. The van der Waals surface area contributed by atoms with E-state index in [1.54, 1.807) is 24.6 Å². The molecule has 39 heavy (non-hydrogen) atoms. The SMILES string of the molecule is CC.Cc1c(F)cc2nc3c(c4c2c1CC[C@H]4CCN(C)C(=O)CO)Cn1c-3cc2c(c1=O)COC(=O)[C@H]2O. The lowest BCUT2D eigenvalue weighted by molar-refractivity contribution is -0.157. The summed E-state index contributed by atoms with van der Waals surface area (Å²) >= 11 is 0. The summed E-state index contributed by atoms with van der Waals surface area (Å²) in [5.41, 5.74) is 4.98. The van der Waals surface area contributed by atoms with Crippen LogP contribution in [0.2, 0.25) is 0 Å². The van der Waals surface area contributed by atoms with Crippen molar-refractivity contribution in [2.45, 2.75) is 65.2 Å². The molecule has 0 radical (unpaired) electrons. The number of ether oxygens (including phenoxy) is 1. The molecule has 0 unspecified atom stereocenters. The maximum atomic E-state index is 14.9. The van der Waals surface area contributed by atoms with Gasteiger partial charge in [0.05, 0.1) is 29.0 Å². The van der Waals surface area contributed by atoms with Gasteiger partial charge in [0, 0.05) is 36.2 Å². The fourth-order valence-electron chi connectivity index (χ4n) is 6.08. The van der Waals surface area contributed by atoms with E-state index in [0.717, 1.165) is 28.5 Å². The molecule has 10 heteroatoms. The largest absolute Gasteiger partial charge is 0.458 e. The van der Waals surface area contributed by atoms with E-state index in [9.17, 15) is 29.0 Å². The highest BCUT2D eigenvalue weighted by atomic mass is 19.1. The second-order valence-corrected chi connectivity index (χ2v) is 10.1. The highest BCUT2D eigenvalue weighted by molar-refractivity contribution is 5.93. The molecule has 1 amide bonds. The minimum absolute atomic E-state index is 0.0284. The zero-order valence-electron chi connectivity index (χ0n) is 22.5. The van der Waals surface area contributed by atoms with E-state index < -0.39 is 18.7 Å². The molecule has 3 aliphatic rings. The zero-order valence-corrected chi connectivity index (χ0v) is 22.5. The number of aromatic nitrogens is 2. The Balaban J connectivity index is 0.00000151. The number of cyclic esters (lactones) is 1. The van der Waals surface area contributed by atoms with E-state index in [2.05, 4.69) is 0 Å². The van der Waals surface area contributed by atoms with Gasteiger partial charge in [0.15, 0.2) is 6.10 Å². The Bertz CT molecular complexity index is 1580. The lowest BCUT2D eigenvalue weighted by Crippen LogP contribution is -2.32. The third-order valence-electron chi connectivity index (χ3n) is 8.14. The molecule has 2 atom stereocenters. The first-order valence-corrected chi connectivity index (χ1v) is 13.3. The lowest BCUT2D eigenvalue weighted by atomic mass is 9.77. The number of esters is 1. The Morgan fingerprint density at radius 3 is 2.69 bits per heavy atom. The molecule has 1 aromatic carbocycles. The summed E-state index contributed by atoms with van der Waals surface area (Å²) in [7, 11) is 1.65. The van der Waals surface area contributed by atoms with E-state index in [1.807, 2.05) is 13.8 Å². The number of aryl methyl sites for hydroxylation is 1. The summed E-state index contributed by atoms with van der Waals surface area (Å²) < 4.78 is 21.5. The minimum atomic E-state index is -1.55. The van der Waals surface area contributed by atoms with Crippen molar-refractivity contribution in [2.24, 2.45) is 0 Å². The van der Waals surface area contributed by atoms with Crippen LogP contribution < -0.4 is 5.56 Å². The Morgan fingerprint density at radius 1 is 1.23 bits per heavy atom. The quantitative estimate of drug-likeness (QED) is 0.384. The van der Waals surface area contributed by atoms with Crippen LogP contribution in [0.15, 0.2) is 16.9 Å².